The van der Waals surface area contributed by atoms with Crippen molar-refractivity contribution in [2.75, 3.05) is 26.4 Å². The van der Waals surface area contributed by atoms with Gasteiger partial charge in [0.05, 0.1) is 19.8 Å². The number of nitrogens with zero attached hydrogens (tertiary/aromatic N) is 1. The summed E-state index contributed by atoms with van der Waals surface area (Å²) in [5.74, 6) is 0. The lowest BCUT2D eigenvalue weighted by Gasteiger charge is -2.20. The fraction of sp³-hybridized carbons (Fsp3) is 0.750. The second-order valence-electron chi connectivity index (χ2n) is 4.21. The van der Waals surface area contributed by atoms with E-state index in [1.807, 2.05) is 6.20 Å². The van der Waals surface area contributed by atoms with Crippen LogP contribution in [-0.2, 0) is 9.47 Å². The summed E-state index contributed by atoms with van der Waals surface area (Å²) in [4.78, 5) is 5.71. The van der Waals surface area contributed by atoms with Gasteiger partial charge in [-0.1, -0.05) is 6.92 Å². The third kappa shape index (κ3) is 3.48. The summed E-state index contributed by atoms with van der Waals surface area (Å²) in [6.45, 7) is 7.38. The van der Waals surface area contributed by atoms with Gasteiger partial charge >= 0.3 is 0 Å². The third-order valence-corrected chi connectivity index (χ3v) is 4.03. The molecule has 4 nitrogen and oxygen atoms in total. The quantitative estimate of drug-likeness (QED) is 0.878. The van der Waals surface area contributed by atoms with Gasteiger partial charge in [-0.3, -0.25) is 0 Å². The van der Waals surface area contributed by atoms with Crippen LogP contribution in [0, 0.1) is 0 Å². The summed E-state index contributed by atoms with van der Waals surface area (Å²) in [5.41, 5.74) is 0. The molecule has 0 aliphatic carbocycles. The first-order chi connectivity index (χ1) is 8.31. The SMILES string of the molecule is CCCNC(C)c1cnc(C2COCCO2)s1. The Morgan fingerprint density at radius 3 is 3.18 bits per heavy atom. The topological polar surface area (TPSA) is 43.4 Å². The molecule has 96 valence electrons. The number of rotatable bonds is 5. The maximum absolute atomic E-state index is 5.64. The zero-order valence-corrected chi connectivity index (χ0v) is 11.3. The maximum atomic E-state index is 5.64. The van der Waals surface area contributed by atoms with Crippen LogP contribution >= 0.6 is 11.3 Å². The lowest BCUT2D eigenvalue weighted by molar-refractivity contribution is -0.0901. The van der Waals surface area contributed by atoms with Crippen LogP contribution in [0.15, 0.2) is 6.20 Å². The van der Waals surface area contributed by atoms with Gasteiger partial charge in [0, 0.05) is 17.1 Å². The Morgan fingerprint density at radius 1 is 1.59 bits per heavy atom. The Balaban J connectivity index is 1.94. The molecule has 0 amide bonds. The molecule has 0 saturated carbocycles. The average molecular weight is 256 g/mol. The van der Waals surface area contributed by atoms with E-state index in [1.54, 1.807) is 11.3 Å². The van der Waals surface area contributed by atoms with Crippen molar-refractivity contribution in [1.82, 2.24) is 10.3 Å². The Morgan fingerprint density at radius 2 is 2.47 bits per heavy atom. The molecule has 2 atom stereocenters. The molecule has 1 aliphatic heterocycles. The van der Waals surface area contributed by atoms with Crippen LogP contribution < -0.4 is 5.32 Å². The van der Waals surface area contributed by atoms with Gasteiger partial charge < -0.3 is 14.8 Å². The molecule has 1 aromatic heterocycles. The van der Waals surface area contributed by atoms with E-state index >= 15 is 0 Å². The van der Waals surface area contributed by atoms with Crippen molar-refractivity contribution in [2.24, 2.45) is 0 Å². The zero-order valence-electron chi connectivity index (χ0n) is 10.4. The number of aromatic nitrogens is 1. The first-order valence-electron chi connectivity index (χ1n) is 6.19. The molecule has 5 heteroatoms. The van der Waals surface area contributed by atoms with Gasteiger partial charge in [0.1, 0.15) is 11.1 Å². The lowest BCUT2D eigenvalue weighted by Crippen LogP contribution is -2.21. The van der Waals surface area contributed by atoms with E-state index in [4.69, 9.17) is 9.47 Å². The summed E-state index contributed by atoms with van der Waals surface area (Å²) in [7, 11) is 0. The lowest BCUT2D eigenvalue weighted by atomic mass is 10.3. The first kappa shape index (κ1) is 13.0. The van der Waals surface area contributed by atoms with Gasteiger partial charge in [0.15, 0.2) is 0 Å². The van der Waals surface area contributed by atoms with E-state index < -0.39 is 0 Å². The van der Waals surface area contributed by atoms with Gasteiger partial charge in [0.2, 0.25) is 0 Å². The highest BCUT2D eigenvalue weighted by atomic mass is 32.1. The highest BCUT2D eigenvalue weighted by Gasteiger charge is 2.21. The Kier molecular flexibility index (Phi) is 4.91. The van der Waals surface area contributed by atoms with Crippen LogP contribution in [0.3, 0.4) is 0 Å². The fourth-order valence-corrected chi connectivity index (χ4v) is 2.72. The van der Waals surface area contributed by atoms with Crippen molar-refractivity contribution in [2.45, 2.75) is 32.4 Å². The van der Waals surface area contributed by atoms with Gasteiger partial charge in [-0.15, -0.1) is 11.3 Å². The van der Waals surface area contributed by atoms with E-state index in [0.717, 1.165) is 18.0 Å². The second kappa shape index (κ2) is 6.44. The molecular formula is C12H20N2O2S. The number of ether oxygens (including phenoxy) is 2. The maximum Gasteiger partial charge on any atom is 0.132 e. The molecule has 0 radical (unpaired) electrons. The Labute approximate surface area is 106 Å². The number of hydrogen-bond acceptors (Lipinski definition) is 5. The van der Waals surface area contributed by atoms with Gasteiger partial charge in [-0.05, 0) is 19.9 Å². The van der Waals surface area contributed by atoms with Crippen LogP contribution in [0.1, 0.15) is 42.3 Å². The highest BCUT2D eigenvalue weighted by Crippen LogP contribution is 2.28. The highest BCUT2D eigenvalue weighted by molar-refractivity contribution is 7.11. The largest absolute Gasteiger partial charge is 0.376 e. The van der Waals surface area contributed by atoms with Gasteiger partial charge in [-0.25, -0.2) is 4.98 Å². The fourth-order valence-electron chi connectivity index (χ4n) is 1.74. The van der Waals surface area contributed by atoms with Gasteiger partial charge in [0.25, 0.3) is 0 Å². The minimum Gasteiger partial charge on any atom is -0.376 e. The molecule has 2 heterocycles. The van der Waals surface area contributed by atoms with E-state index in [0.29, 0.717) is 25.9 Å². The Bertz CT molecular complexity index is 337. The van der Waals surface area contributed by atoms with Crippen molar-refractivity contribution >= 4 is 11.3 Å². The van der Waals surface area contributed by atoms with Crippen molar-refractivity contribution in [3.8, 4) is 0 Å². The van der Waals surface area contributed by atoms with Crippen LogP contribution in [0.2, 0.25) is 0 Å². The number of thiazole rings is 1. The number of nitrogens with one attached hydrogen (secondary N) is 1. The monoisotopic (exact) mass is 256 g/mol. The summed E-state index contributed by atoms with van der Waals surface area (Å²) in [5, 5.41) is 4.50. The Hall–Kier alpha value is -0.490. The predicted molar refractivity (Wildman–Crippen MR) is 68.3 cm³/mol. The van der Waals surface area contributed by atoms with Gasteiger partial charge in [-0.2, -0.15) is 0 Å². The van der Waals surface area contributed by atoms with E-state index in [9.17, 15) is 0 Å². The second-order valence-corrected chi connectivity index (χ2v) is 5.30. The minimum absolute atomic E-state index is 0.0286. The molecule has 1 aromatic rings. The smallest absolute Gasteiger partial charge is 0.132 e. The molecular weight excluding hydrogens is 236 g/mol. The van der Waals surface area contributed by atoms with E-state index in [2.05, 4.69) is 24.1 Å². The third-order valence-electron chi connectivity index (χ3n) is 2.76. The molecule has 1 aliphatic rings. The molecule has 2 unspecified atom stereocenters. The molecule has 0 spiro atoms. The predicted octanol–water partition coefficient (Wildman–Crippen LogP) is 2.29. The minimum atomic E-state index is 0.0286. The summed E-state index contributed by atoms with van der Waals surface area (Å²) < 4.78 is 11.0. The molecule has 0 aromatic carbocycles. The zero-order chi connectivity index (χ0) is 12.1. The molecule has 2 rings (SSSR count). The van der Waals surface area contributed by atoms with Crippen LogP contribution in [0.5, 0.6) is 0 Å². The standard InChI is InChI=1S/C12H20N2O2S/c1-3-4-13-9(2)11-7-14-12(17-11)10-8-15-5-6-16-10/h7,9-10,13H,3-6,8H2,1-2H3. The van der Waals surface area contributed by atoms with Crippen LogP contribution in [0.25, 0.3) is 0 Å². The van der Waals surface area contributed by atoms with Crippen molar-refractivity contribution in [1.29, 1.82) is 0 Å². The molecule has 17 heavy (non-hydrogen) atoms. The van der Waals surface area contributed by atoms with E-state index in [1.165, 1.54) is 4.88 Å². The van der Waals surface area contributed by atoms with Crippen molar-refractivity contribution in [3.05, 3.63) is 16.1 Å². The van der Waals surface area contributed by atoms with E-state index in [-0.39, 0.29) is 6.10 Å². The number of hydrogen-bond donors (Lipinski definition) is 1. The molecule has 1 N–H and O–H groups in total. The van der Waals surface area contributed by atoms with Crippen molar-refractivity contribution < 1.29 is 9.47 Å². The normalized spacial score (nSPS) is 22.6. The summed E-state index contributed by atoms with van der Waals surface area (Å²) in [6.07, 6.45) is 3.13. The summed E-state index contributed by atoms with van der Waals surface area (Å²) in [6, 6.07) is 0.366. The molecule has 1 fully saturated rings. The summed E-state index contributed by atoms with van der Waals surface area (Å²) >= 11 is 1.72. The van der Waals surface area contributed by atoms with Crippen molar-refractivity contribution in [3.63, 3.8) is 0 Å². The van der Waals surface area contributed by atoms with Crippen LogP contribution in [0.4, 0.5) is 0 Å². The molecule has 1 saturated heterocycles. The van der Waals surface area contributed by atoms with Crippen LogP contribution in [-0.4, -0.2) is 31.3 Å². The average Bonchev–Trinajstić information content (AvgIpc) is 2.86. The molecule has 0 bridgehead atoms. The first-order valence-corrected chi connectivity index (χ1v) is 7.01.